The fourth-order valence-corrected chi connectivity index (χ4v) is 2.28. The first-order chi connectivity index (χ1) is 11.5. The van der Waals surface area contributed by atoms with Crippen LogP contribution in [-0.4, -0.2) is 18.0 Å². The van der Waals surface area contributed by atoms with Gasteiger partial charge in [-0.1, -0.05) is 65.7 Å². The molecule has 2 rings (SSSR count). The van der Waals surface area contributed by atoms with E-state index in [9.17, 15) is 9.59 Å². The van der Waals surface area contributed by atoms with Gasteiger partial charge in [0.15, 0.2) is 0 Å². The van der Waals surface area contributed by atoms with E-state index in [2.05, 4.69) is 15.8 Å². The minimum Gasteiger partial charge on any atom is -0.341 e. The van der Waals surface area contributed by atoms with E-state index in [0.717, 1.165) is 5.56 Å². The number of carbonyl (C=O) groups is 2. The molecule has 0 radical (unpaired) electrons. The standard InChI is InChI=1S/C17H15Cl2N3O2/c1-11(12-6-3-2-4-7-12)21-16(23)17(24)22-20-10-13-8-5-9-14(18)15(13)19/h2-11H,1H3,(H,21,23)(H,22,24). The number of amides is 2. The number of rotatable bonds is 4. The summed E-state index contributed by atoms with van der Waals surface area (Å²) in [6.07, 6.45) is 1.32. The van der Waals surface area contributed by atoms with Gasteiger partial charge in [-0.05, 0) is 18.6 Å². The predicted octanol–water partition coefficient (Wildman–Crippen LogP) is 3.32. The molecule has 124 valence electrons. The molecule has 24 heavy (non-hydrogen) atoms. The summed E-state index contributed by atoms with van der Waals surface area (Å²) in [6, 6.07) is 14.0. The van der Waals surface area contributed by atoms with E-state index in [-0.39, 0.29) is 6.04 Å². The van der Waals surface area contributed by atoms with Crippen molar-refractivity contribution in [2.24, 2.45) is 5.10 Å². The monoisotopic (exact) mass is 363 g/mol. The minimum absolute atomic E-state index is 0.296. The van der Waals surface area contributed by atoms with E-state index in [1.807, 2.05) is 30.3 Å². The van der Waals surface area contributed by atoms with Gasteiger partial charge in [-0.2, -0.15) is 5.10 Å². The summed E-state index contributed by atoms with van der Waals surface area (Å²) in [5, 5.41) is 7.00. The first kappa shape index (κ1) is 18.0. The Morgan fingerprint density at radius 1 is 1.04 bits per heavy atom. The zero-order chi connectivity index (χ0) is 17.5. The number of nitrogens with one attached hydrogen (secondary N) is 2. The molecule has 2 aromatic carbocycles. The Balaban J connectivity index is 1.91. The van der Waals surface area contributed by atoms with Crippen LogP contribution in [0.15, 0.2) is 53.6 Å². The quantitative estimate of drug-likeness (QED) is 0.496. The molecule has 0 bridgehead atoms. The summed E-state index contributed by atoms with van der Waals surface area (Å²) >= 11 is 11.9. The highest BCUT2D eigenvalue weighted by Gasteiger charge is 2.16. The largest absolute Gasteiger partial charge is 0.341 e. The molecule has 0 saturated carbocycles. The van der Waals surface area contributed by atoms with Gasteiger partial charge in [-0.3, -0.25) is 9.59 Å². The number of benzene rings is 2. The lowest BCUT2D eigenvalue weighted by molar-refractivity contribution is -0.139. The topological polar surface area (TPSA) is 70.6 Å². The van der Waals surface area contributed by atoms with Crippen molar-refractivity contribution in [2.45, 2.75) is 13.0 Å². The normalized spacial score (nSPS) is 12.0. The van der Waals surface area contributed by atoms with E-state index in [1.54, 1.807) is 25.1 Å². The lowest BCUT2D eigenvalue weighted by Gasteiger charge is -2.13. The van der Waals surface area contributed by atoms with E-state index in [4.69, 9.17) is 23.2 Å². The number of carbonyl (C=O) groups excluding carboxylic acids is 2. The van der Waals surface area contributed by atoms with Crippen molar-refractivity contribution < 1.29 is 9.59 Å². The van der Waals surface area contributed by atoms with Crippen LogP contribution in [0.3, 0.4) is 0 Å². The summed E-state index contributed by atoms with van der Waals surface area (Å²) in [6.45, 7) is 1.79. The van der Waals surface area contributed by atoms with Gasteiger partial charge in [-0.25, -0.2) is 5.43 Å². The number of halogens is 2. The zero-order valence-electron chi connectivity index (χ0n) is 12.8. The van der Waals surface area contributed by atoms with Crippen molar-refractivity contribution in [3.05, 3.63) is 69.7 Å². The van der Waals surface area contributed by atoms with Gasteiger partial charge in [0.05, 0.1) is 22.3 Å². The molecular formula is C17H15Cl2N3O2. The summed E-state index contributed by atoms with van der Waals surface area (Å²) in [7, 11) is 0. The molecule has 2 amide bonds. The Kier molecular flexibility index (Phi) is 6.35. The highest BCUT2D eigenvalue weighted by atomic mass is 35.5. The maximum absolute atomic E-state index is 11.8. The molecule has 0 heterocycles. The van der Waals surface area contributed by atoms with E-state index in [1.165, 1.54) is 6.21 Å². The van der Waals surface area contributed by atoms with E-state index in [0.29, 0.717) is 15.6 Å². The molecule has 5 nitrogen and oxygen atoms in total. The minimum atomic E-state index is -0.868. The van der Waals surface area contributed by atoms with Crippen LogP contribution in [0, 0.1) is 0 Å². The Bertz CT molecular complexity index is 764. The fourth-order valence-electron chi connectivity index (χ4n) is 1.92. The molecular weight excluding hydrogens is 349 g/mol. The van der Waals surface area contributed by atoms with Gasteiger partial charge in [0, 0.05) is 5.56 Å². The van der Waals surface area contributed by atoms with Crippen LogP contribution in [0.25, 0.3) is 0 Å². The van der Waals surface area contributed by atoms with Crippen LogP contribution >= 0.6 is 23.2 Å². The summed E-state index contributed by atoms with van der Waals surface area (Å²) < 4.78 is 0. The van der Waals surface area contributed by atoms with Gasteiger partial charge in [0.25, 0.3) is 0 Å². The zero-order valence-corrected chi connectivity index (χ0v) is 14.3. The predicted molar refractivity (Wildman–Crippen MR) is 95.2 cm³/mol. The third kappa shape index (κ3) is 4.81. The van der Waals surface area contributed by atoms with Crippen LogP contribution in [0.5, 0.6) is 0 Å². The molecule has 7 heteroatoms. The van der Waals surface area contributed by atoms with Crippen molar-refractivity contribution in [1.29, 1.82) is 0 Å². The molecule has 1 unspecified atom stereocenters. The second-order valence-corrected chi connectivity index (χ2v) is 5.73. The molecule has 0 fully saturated rings. The molecule has 2 N–H and O–H groups in total. The Morgan fingerprint density at radius 3 is 2.46 bits per heavy atom. The second-order valence-electron chi connectivity index (χ2n) is 4.95. The molecule has 2 aromatic rings. The molecule has 0 aliphatic rings. The van der Waals surface area contributed by atoms with Crippen molar-refractivity contribution >= 4 is 41.2 Å². The van der Waals surface area contributed by atoms with Gasteiger partial charge < -0.3 is 5.32 Å². The van der Waals surface area contributed by atoms with Crippen molar-refractivity contribution in [3.63, 3.8) is 0 Å². The molecule has 0 aromatic heterocycles. The average Bonchev–Trinajstić information content (AvgIpc) is 2.59. The lowest BCUT2D eigenvalue weighted by Crippen LogP contribution is -2.39. The fraction of sp³-hybridized carbons (Fsp3) is 0.118. The summed E-state index contributed by atoms with van der Waals surface area (Å²) in [5.74, 6) is -1.65. The maximum atomic E-state index is 11.8. The Labute approximate surface area is 149 Å². The van der Waals surface area contributed by atoms with Gasteiger partial charge in [0.1, 0.15) is 0 Å². The number of hydrogen-bond donors (Lipinski definition) is 2. The van der Waals surface area contributed by atoms with Gasteiger partial charge in [-0.15, -0.1) is 0 Å². The van der Waals surface area contributed by atoms with Crippen LogP contribution in [0.1, 0.15) is 24.1 Å². The van der Waals surface area contributed by atoms with Crippen molar-refractivity contribution in [1.82, 2.24) is 10.7 Å². The van der Waals surface area contributed by atoms with Crippen molar-refractivity contribution in [2.75, 3.05) is 0 Å². The van der Waals surface area contributed by atoms with Crippen LogP contribution < -0.4 is 10.7 Å². The van der Waals surface area contributed by atoms with Gasteiger partial charge >= 0.3 is 11.8 Å². The van der Waals surface area contributed by atoms with Crippen molar-refractivity contribution in [3.8, 4) is 0 Å². The molecule has 1 atom stereocenters. The third-order valence-corrected chi connectivity index (χ3v) is 4.04. The van der Waals surface area contributed by atoms with Crippen LogP contribution in [0.2, 0.25) is 10.0 Å². The maximum Gasteiger partial charge on any atom is 0.329 e. The highest BCUT2D eigenvalue weighted by molar-refractivity contribution is 6.43. The van der Waals surface area contributed by atoms with E-state index < -0.39 is 11.8 Å². The first-order valence-electron chi connectivity index (χ1n) is 7.12. The van der Waals surface area contributed by atoms with E-state index >= 15 is 0 Å². The number of hydrogen-bond acceptors (Lipinski definition) is 3. The lowest BCUT2D eigenvalue weighted by atomic mass is 10.1. The first-order valence-corrected chi connectivity index (χ1v) is 7.87. The van der Waals surface area contributed by atoms with Crippen LogP contribution in [0.4, 0.5) is 0 Å². The Morgan fingerprint density at radius 2 is 1.75 bits per heavy atom. The van der Waals surface area contributed by atoms with Gasteiger partial charge in [0.2, 0.25) is 0 Å². The Hall–Kier alpha value is -2.37. The molecule has 0 aliphatic heterocycles. The SMILES string of the molecule is CC(NC(=O)C(=O)NN=Cc1cccc(Cl)c1Cl)c1ccccc1. The number of hydrazone groups is 1. The average molecular weight is 364 g/mol. The molecule has 0 aliphatic carbocycles. The smallest absolute Gasteiger partial charge is 0.329 e. The molecule has 0 saturated heterocycles. The number of nitrogens with zero attached hydrogens (tertiary/aromatic N) is 1. The second kappa shape index (κ2) is 8.47. The summed E-state index contributed by atoms with van der Waals surface area (Å²) in [4.78, 5) is 23.6. The molecule has 0 spiro atoms. The third-order valence-electron chi connectivity index (χ3n) is 3.20. The van der Waals surface area contributed by atoms with Crippen LogP contribution in [-0.2, 0) is 9.59 Å². The summed E-state index contributed by atoms with van der Waals surface area (Å²) in [5.41, 5.74) is 3.58. The highest BCUT2D eigenvalue weighted by Crippen LogP contribution is 2.24.